The second kappa shape index (κ2) is 10.4. The average molecular weight is 553 g/mol. The first-order valence-corrected chi connectivity index (χ1v) is 14.1. The molecular weight excluding hydrogens is 528 g/mol. The standard InChI is InChI=1S/C37H24N6/c1-2-13-34-26(9-1)18-19-35-42-36(31-12-5-8-22-40-31)37(43(34)35)27-16-14-25(15-17-27)28-23-32(29-10-3-6-20-38-29)41-33(24-28)30-11-4-7-21-39-30/h1-24H. The Labute approximate surface area is 248 Å². The van der Waals surface area contributed by atoms with Gasteiger partial charge in [-0.05, 0) is 83.2 Å². The molecule has 6 aromatic heterocycles. The van der Waals surface area contributed by atoms with Gasteiger partial charge in [0, 0.05) is 24.2 Å². The van der Waals surface area contributed by atoms with E-state index in [4.69, 9.17) is 9.97 Å². The summed E-state index contributed by atoms with van der Waals surface area (Å²) in [6.07, 6.45) is 5.39. The third kappa shape index (κ3) is 4.51. The highest BCUT2D eigenvalue weighted by atomic mass is 15.0. The Morgan fingerprint density at radius 3 is 1.63 bits per heavy atom. The van der Waals surface area contributed by atoms with Gasteiger partial charge in [-0.2, -0.15) is 0 Å². The van der Waals surface area contributed by atoms with E-state index in [1.807, 2.05) is 60.8 Å². The number of imidazole rings is 1. The number of hydrogen-bond donors (Lipinski definition) is 0. The van der Waals surface area contributed by atoms with Crippen LogP contribution >= 0.6 is 0 Å². The fourth-order valence-electron chi connectivity index (χ4n) is 5.55. The van der Waals surface area contributed by atoms with E-state index in [0.29, 0.717) is 0 Å². The van der Waals surface area contributed by atoms with Gasteiger partial charge in [-0.15, -0.1) is 0 Å². The van der Waals surface area contributed by atoms with Crippen molar-refractivity contribution in [2.75, 3.05) is 0 Å². The molecule has 0 fully saturated rings. The van der Waals surface area contributed by atoms with Gasteiger partial charge in [-0.1, -0.05) is 60.7 Å². The summed E-state index contributed by atoms with van der Waals surface area (Å²) < 4.78 is 2.24. The van der Waals surface area contributed by atoms with Crippen LogP contribution in [0.4, 0.5) is 0 Å². The summed E-state index contributed by atoms with van der Waals surface area (Å²) in [7, 11) is 0. The molecule has 0 aliphatic heterocycles. The fourth-order valence-corrected chi connectivity index (χ4v) is 5.55. The molecule has 8 aromatic rings. The smallest absolute Gasteiger partial charge is 0.138 e. The minimum absolute atomic E-state index is 0.800. The normalized spacial score (nSPS) is 11.3. The number of nitrogens with zero attached hydrogens (tertiary/aromatic N) is 6. The van der Waals surface area contributed by atoms with Crippen molar-refractivity contribution in [2.45, 2.75) is 0 Å². The number of hydrogen-bond acceptors (Lipinski definition) is 5. The third-order valence-corrected chi connectivity index (χ3v) is 7.57. The van der Waals surface area contributed by atoms with Gasteiger partial charge in [0.1, 0.15) is 11.3 Å². The minimum Gasteiger partial charge on any atom is -0.292 e. The minimum atomic E-state index is 0.800. The molecule has 6 heterocycles. The lowest BCUT2D eigenvalue weighted by Gasteiger charge is -2.11. The molecule has 0 aliphatic rings. The molecule has 8 rings (SSSR count). The summed E-state index contributed by atoms with van der Waals surface area (Å²) >= 11 is 0. The van der Waals surface area contributed by atoms with Crippen molar-refractivity contribution in [1.29, 1.82) is 0 Å². The molecule has 2 aromatic carbocycles. The first-order chi connectivity index (χ1) is 21.3. The van der Waals surface area contributed by atoms with Gasteiger partial charge in [-0.25, -0.2) is 9.97 Å². The molecule has 0 unspecified atom stereocenters. The van der Waals surface area contributed by atoms with Crippen LogP contribution in [0, 0.1) is 0 Å². The summed E-state index contributed by atoms with van der Waals surface area (Å²) in [4.78, 5) is 23.8. The molecule has 0 N–H and O–H groups in total. The van der Waals surface area contributed by atoms with E-state index in [0.717, 1.165) is 73.1 Å². The zero-order valence-electron chi connectivity index (χ0n) is 23.0. The highest BCUT2D eigenvalue weighted by Crippen LogP contribution is 2.36. The molecular formula is C37H24N6. The van der Waals surface area contributed by atoms with Crippen LogP contribution in [0.2, 0.25) is 0 Å². The van der Waals surface area contributed by atoms with E-state index in [-0.39, 0.29) is 0 Å². The Kier molecular flexibility index (Phi) is 6.01. The molecule has 0 radical (unpaired) electrons. The summed E-state index contributed by atoms with van der Waals surface area (Å²) in [5, 5.41) is 1.15. The molecule has 0 aliphatic carbocycles. The van der Waals surface area contributed by atoms with Crippen LogP contribution in [-0.2, 0) is 0 Å². The zero-order valence-corrected chi connectivity index (χ0v) is 23.0. The van der Waals surface area contributed by atoms with Crippen LogP contribution in [0.15, 0.2) is 146 Å². The van der Waals surface area contributed by atoms with Gasteiger partial charge in [0.25, 0.3) is 0 Å². The predicted molar refractivity (Wildman–Crippen MR) is 171 cm³/mol. The Bertz CT molecular complexity index is 2150. The SMILES string of the molecule is c1ccc(-c2cc(-c3ccc(-c4c(-c5ccccn5)nc5ccc6ccccc6n45)cc3)cc(-c3ccccn3)n2)nc1. The second-order valence-electron chi connectivity index (χ2n) is 10.2. The molecule has 0 bridgehead atoms. The Morgan fingerprint density at radius 1 is 0.419 bits per heavy atom. The summed E-state index contributed by atoms with van der Waals surface area (Å²) in [6.45, 7) is 0. The molecule has 0 spiro atoms. The van der Waals surface area contributed by atoms with Crippen LogP contribution in [-0.4, -0.2) is 29.3 Å². The maximum absolute atomic E-state index is 5.06. The van der Waals surface area contributed by atoms with Crippen molar-refractivity contribution in [3.05, 3.63) is 146 Å². The third-order valence-electron chi connectivity index (χ3n) is 7.57. The van der Waals surface area contributed by atoms with Crippen LogP contribution < -0.4 is 0 Å². The lowest BCUT2D eigenvalue weighted by Crippen LogP contribution is -1.95. The van der Waals surface area contributed by atoms with Crippen LogP contribution in [0.5, 0.6) is 0 Å². The highest BCUT2D eigenvalue weighted by molar-refractivity contribution is 5.90. The lowest BCUT2D eigenvalue weighted by atomic mass is 9.99. The summed E-state index contributed by atoms with van der Waals surface area (Å²) in [5.41, 5.74) is 11.1. The lowest BCUT2D eigenvalue weighted by molar-refractivity contribution is 1.22. The van der Waals surface area contributed by atoms with Gasteiger partial charge < -0.3 is 0 Å². The number of aromatic nitrogens is 6. The highest BCUT2D eigenvalue weighted by Gasteiger charge is 2.19. The van der Waals surface area contributed by atoms with E-state index in [2.05, 4.69) is 92.1 Å². The second-order valence-corrected chi connectivity index (χ2v) is 10.2. The molecule has 0 atom stereocenters. The van der Waals surface area contributed by atoms with Crippen molar-refractivity contribution in [1.82, 2.24) is 29.3 Å². The van der Waals surface area contributed by atoms with E-state index < -0.39 is 0 Å². The summed E-state index contributed by atoms with van der Waals surface area (Å²) in [5.74, 6) is 0. The Morgan fingerprint density at radius 2 is 1.00 bits per heavy atom. The van der Waals surface area contributed by atoms with Crippen LogP contribution in [0.1, 0.15) is 0 Å². The van der Waals surface area contributed by atoms with Crippen molar-refractivity contribution in [2.24, 2.45) is 0 Å². The number of fused-ring (bicyclic) bond motifs is 3. The zero-order chi connectivity index (χ0) is 28.6. The van der Waals surface area contributed by atoms with E-state index in [9.17, 15) is 0 Å². The van der Waals surface area contributed by atoms with E-state index >= 15 is 0 Å². The van der Waals surface area contributed by atoms with Crippen molar-refractivity contribution in [3.63, 3.8) is 0 Å². The van der Waals surface area contributed by atoms with Gasteiger partial charge in [0.05, 0.1) is 39.7 Å². The van der Waals surface area contributed by atoms with Crippen molar-refractivity contribution < 1.29 is 0 Å². The Balaban J connectivity index is 1.30. The number of para-hydroxylation sites is 1. The number of benzene rings is 2. The van der Waals surface area contributed by atoms with Gasteiger partial charge in [0.2, 0.25) is 0 Å². The quantitative estimate of drug-likeness (QED) is 0.214. The van der Waals surface area contributed by atoms with Crippen molar-refractivity contribution >= 4 is 16.6 Å². The maximum Gasteiger partial charge on any atom is 0.138 e. The van der Waals surface area contributed by atoms with Crippen LogP contribution in [0.3, 0.4) is 0 Å². The van der Waals surface area contributed by atoms with Gasteiger partial charge in [-0.3, -0.25) is 19.4 Å². The molecule has 0 saturated carbocycles. The molecule has 202 valence electrons. The number of pyridine rings is 5. The molecule has 43 heavy (non-hydrogen) atoms. The molecule has 6 heteroatoms. The molecule has 0 amide bonds. The summed E-state index contributed by atoms with van der Waals surface area (Å²) in [6, 6.07) is 43.1. The number of rotatable bonds is 5. The predicted octanol–water partition coefficient (Wildman–Crippen LogP) is 8.40. The van der Waals surface area contributed by atoms with E-state index in [1.165, 1.54) is 0 Å². The fraction of sp³-hybridized carbons (Fsp3) is 0. The van der Waals surface area contributed by atoms with Crippen LogP contribution in [0.25, 0.3) is 73.1 Å². The Hall–Kier alpha value is -6.01. The first-order valence-electron chi connectivity index (χ1n) is 14.1. The van der Waals surface area contributed by atoms with Crippen molar-refractivity contribution in [3.8, 4) is 56.5 Å². The molecule has 0 saturated heterocycles. The first kappa shape index (κ1) is 24.8. The topological polar surface area (TPSA) is 68.9 Å². The van der Waals surface area contributed by atoms with Gasteiger partial charge >= 0.3 is 0 Å². The molecule has 6 nitrogen and oxygen atoms in total. The van der Waals surface area contributed by atoms with Gasteiger partial charge in [0.15, 0.2) is 0 Å². The largest absolute Gasteiger partial charge is 0.292 e. The monoisotopic (exact) mass is 552 g/mol. The average Bonchev–Trinajstić information content (AvgIpc) is 3.50. The van der Waals surface area contributed by atoms with E-state index in [1.54, 1.807) is 12.4 Å². The maximum atomic E-state index is 5.06.